The highest BCUT2D eigenvalue weighted by atomic mass is 16.6. The van der Waals surface area contributed by atoms with Crippen molar-refractivity contribution >= 4 is 6.09 Å². The fraction of sp³-hybridized carbons (Fsp3) is 0.917. The predicted molar refractivity (Wildman–Crippen MR) is 62.2 cm³/mol. The van der Waals surface area contributed by atoms with Crippen LogP contribution in [0.15, 0.2) is 0 Å². The standard InChI is InChI=1S/C12H23NO3/c1-5-6-9-7-12(9,8-14)13-10(15)16-11(2,3)4/h9,14H,5-8H2,1-4H3,(H,13,15)/t9-,12+/m1/s1. The van der Waals surface area contributed by atoms with Gasteiger partial charge in [0.2, 0.25) is 0 Å². The quantitative estimate of drug-likeness (QED) is 0.775. The molecule has 0 aliphatic heterocycles. The summed E-state index contributed by atoms with van der Waals surface area (Å²) < 4.78 is 5.18. The summed E-state index contributed by atoms with van der Waals surface area (Å²) in [4.78, 5) is 11.6. The van der Waals surface area contributed by atoms with Crippen molar-refractivity contribution in [3.63, 3.8) is 0 Å². The largest absolute Gasteiger partial charge is 0.444 e. The highest BCUT2D eigenvalue weighted by Crippen LogP contribution is 2.46. The van der Waals surface area contributed by atoms with Crippen molar-refractivity contribution in [1.82, 2.24) is 5.32 Å². The lowest BCUT2D eigenvalue weighted by Crippen LogP contribution is -2.44. The lowest BCUT2D eigenvalue weighted by Gasteiger charge is -2.23. The Morgan fingerprint density at radius 2 is 2.19 bits per heavy atom. The molecular weight excluding hydrogens is 206 g/mol. The van der Waals surface area contributed by atoms with Crippen molar-refractivity contribution < 1.29 is 14.6 Å². The number of aliphatic hydroxyl groups is 1. The number of amides is 1. The first-order chi connectivity index (χ1) is 7.33. The topological polar surface area (TPSA) is 58.6 Å². The van der Waals surface area contributed by atoms with Crippen LogP contribution >= 0.6 is 0 Å². The number of hydrogen-bond donors (Lipinski definition) is 2. The van der Waals surface area contributed by atoms with Gasteiger partial charge in [0.1, 0.15) is 5.60 Å². The number of carbonyl (C=O) groups excluding carboxylic acids is 1. The molecule has 2 N–H and O–H groups in total. The van der Waals surface area contributed by atoms with Crippen molar-refractivity contribution in [3.05, 3.63) is 0 Å². The van der Waals surface area contributed by atoms with Crippen LogP contribution in [0, 0.1) is 5.92 Å². The van der Waals surface area contributed by atoms with Crippen molar-refractivity contribution in [1.29, 1.82) is 0 Å². The van der Waals surface area contributed by atoms with E-state index in [0.717, 1.165) is 19.3 Å². The molecule has 0 radical (unpaired) electrons. The number of rotatable bonds is 4. The van der Waals surface area contributed by atoms with E-state index in [1.165, 1.54) is 0 Å². The van der Waals surface area contributed by atoms with Gasteiger partial charge in [-0.25, -0.2) is 4.79 Å². The summed E-state index contributed by atoms with van der Waals surface area (Å²) in [6.45, 7) is 7.59. The molecule has 16 heavy (non-hydrogen) atoms. The zero-order valence-corrected chi connectivity index (χ0v) is 10.7. The van der Waals surface area contributed by atoms with Crippen LogP contribution < -0.4 is 5.32 Å². The molecule has 94 valence electrons. The second kappa shape index (κ2) is 4.62. The van der Waals surface area contributed by atoms with Gasteiger partial charge >= 0.3 is 6.09 Å². The van der Waals surface area contributed by atoms with E-state index in [0.29, 0.717) is 5.92 Å². The van der Waals surface area contributed by atoms with Gasteiger partial charge in [0.25, 0.3) is 0 Å². The van der Waals surface area contributed by atoms with Crippen molar-refractivity contribution in [2.75, 3.05) is 6.61 Å². The second-order valence-electron chi connectivity index (χ2n) is 5.63. The number of ether oxygens (including phenoxy) is 1. The summed E-state index contributed by atoms with van der Waals surface area (Å²) in [6.07, 6.45) is 2.54. The maximum absolute atomic E-state index is 11.6. The minimum atomic E-state index is -0.490. The van der Waals surface area contributed by atoms with Gasteiger partial charge in [-0.15, -0.1) is 0 Å². The molecule has 2 atom stereocenters. The van der Waals surface area contributed by atoms with E-state index in [1.807, 2.05) is 20.8 Å². The second-order valence-corrected chi connectivity index (χ2v) is 5.63. The van der Waals surface area contributed by atoms with Crippen LogP contribution in [0.3, 0.4) is 0 Å². The lowest BCUT2D eigenvalue weighted by molar-refractivity contribution is 0.0461. The van der Waals surface area contributed by atoms with Gasteiger partial charge < -0.3 is 15.2 Å². The van der Waals surface area contributed by atoms with Crippen LogP contribution in [0.1, 0.15) is 47.0 Å². The molecule has 1 amide bonds. The Labute approximate surface area is 97.4 Å². The van der Waals surface area contributed by atoms with E-state index in [1.54, 1.807) is 0 Å². The Hall–Kier alpha value is -0.770. The van der Waals surface area contributed by atoms with Crippen LogP contribution in [0.4, 0.5) is 4.79 Å². The summed E-state index contributed by atoms with van der Waals surface area (Å²) in [5.41, 5.74) is -0.909. The zero-order valence-electron chi connectivity index (χ0n) is 10.7. The fourth-order valence-electron chi connectivity index (χ4n) is 2.00. The predicted octanol–water partition coefficient (Wildman–Crippen LogP) is 2.06. The molecule has 0 aromatic carbocycles. The van der Waals surface area contributed by atoms with E-state index >= 15 is 0 Å². The fourth-order valence-corrected chi connectivity index (χ4v) is 2.00. The zero-order chi connectivity index (χ0) is 12.4. The first kappa shape index (κ1) is 13.3. The van der Waals surface area contributed by atoms with Crippen LogP contribution in [0.5, 0.6) is 0 Å². The van der Waals surface area contributed by atoms with Gasteiger partial charge in [0.05, 0.1) is 12.1 Å². The Morgan fingerprint density at radius 1 is 1.56 bits per heavy atom. The van der Waals surface area contributed by atoms with Gasteiger partial charge in [-0.05, 0) is 39.5 Å². The van der Waals surface area contributed by atoms with Gasteiger partial charge in [-0.2, -0.15) is 0 Å². The third-order valence-electron chi connectivity index (χ3n) is 2.90. The number of alkyl carbamates (subject to hydrolysis) is 1. The number of aliphatic hydroxyl groups excluding tert-OH is 1. The molecule has 1 rings (SSSR count). The minimum Gasteiger partial charge on any atom is -0.444 e. The highest BCUT2D eigenvalue weighted by molar-refractivity contribution is 5.69. The molecule has 1 aliphatic carbocycles. The smallest absolute Gasteiger partial charge is 0.408 e. The Kier molecular flexibility index (Phi) is 3.84. The maximum Gasteiger partial charge on any atom is 0.408 e. The summed E-state index contributed by atoms with van der Waals surface area (Å²) >= 11 is 0. The Balaban J connectivity index is 2.44. The molecule has 0 aromatic rings. The van der Waals surface area contributed by atoms with Gasteiger partial charge in [0.15, 0.2) is 0 Å². The molecule has 4 nitrogen and oxygen atoms in total. The summed E-state index contributed by atoms with van der Waals surface area (Å²) in [6, 6.07) is 0. The molecule has 0 saturated heterocycles. The van der Waals surface area contributed by atoms with Crippen LogP contribution in [0.25, 0.3) is 0 Å². The SMILES string of the molecule is CCC[C@@H]1C[C@@]1(CO)NC(=O)OC(C)(C)C. The van der Waals surface area contributed by atoms with Gasteiger partial charge in [-0.3, -0.25) is 0 Å². The number of carbonyl (C=O) groups is 1. The molecule has 0 bridgehead atoms. The van der Waals surface area contributed by atoms with E-state index in [2.05, 4.69) is 12.2 Å². The van der Waals surface area contributed by atoms with Crippen molar-refractivity contribution in [2.45, 2.75) is 58.1 Å². The molecule has 1 aliphatic rings. The summed E-state index contributed by atoms with van der Waals surface area (Å²) in [5.74, 6) is 0.398. The molecule has 0 heterocycles. The van der Waals surface area contributed by atoms with E-state index in [-0.39, 0.29) is 6.61 Å². The summed E-state index contributed by atoms with van der Waals surface area (Å²) in [5, 5.41) is 12.1. The molecule has 4 heteroatoms. The third kappa shape index (κ3) is 3.37. The van der Waals surface area contributed by atoms with E-state index in [4.69, 9.17) is 4.74 Å². The molecule has 0 aromatic heterocycles. The first-order valence-electron chi connectivity index (χ1n) is 5.95. The van der Waals surface area contributed by atoms with Gasteiger partial charge in [0, 0.05) is 0 Å². The van der Waals surface area contributed by atoms with Crippen molar-refractivity contribution in [2.24, 2.45) is 5.92 Å². The molecule has 0 spiro atoms. The first-order valence-corrected chi connectivity index (χ1v) is 5.95. The van der Waals surface area contributed by atoms with Crippen LogP contribution in [-0.4, -0.2) is 28.9 Å². The monoisotopic (exact) mass is 229 g/mol. The highest BCUT2D eigenvalue weighted by Gasteiger charge is 2.54. The molecule has 0 unspecified atom stereocenters. The number of nitrogens with one attached hydrogen (secondary N) is 1. The van der Waals surface area contributed by atoms with E-state index < -0.39 is 17.2 Å². The van der Waals surface area contributed by atoms with Crippen LogP contribution in [-0.2, 0) is 4.74 Å². The molecule has 1 saturated carbocycles. The summed E-state index contributed by atoms with van der Waals surface area (Å²) in [7, 11) is 0. The molecular formula is C12H23NO3. The Bertz CT molecular complexity index is 259. The average molecular weight is 229 g/mol. The van der Waals surface area contributed by atoms with Crippen molar-refractivity contribution in [3.8, 4) is 0 Å². The lowest BCUT2D eigenvalue weighted by atomic mass is 10.1. The van der Waals surface area contributed by atoms with Gasteiger partial charge in [-0.1, -0.05) is 13.3 Å². The average Bonchev–Trinajstić information content (AvgIpc) is 2.76. The maximum atomic E-state index is 11.6. The molecule has 1 fully saturated rings. The van der Waals surface area contributed by atoms with E-state index in [9.17, 15) is 9.90 Å². The Morgan fingerprint density at radius 3 is 2.62 bits per heavy atom. The minimum absolute atomic E-state index is 0.00307. The van der Waals surface area contributed by atoms with Crippen LogP contribution in [0.2, 0.25) is 0 Å². The normalized spacial score (nSPS) is 28.7. The number of hydrogen-bond acceptors (Lipinski definition) is 3. The third-order valence-corrected chi connectivity index (χ3v) is 2.90.